The number of ether oxygens (including phenoxy) is 1. The molecule has 1 saturated heterocycles. The number of aromatic nitrogens is 1. The molecule has 106 valence electrons. The van der Waals surface area contributed by atoms with Gasteiger partial charge in [-0.25, -0.2) is 9.78 Å². The minimum atomic E-state index is -0.875. The summed E-state index contributed by atoms with van der Waals surface area (Å²) in [6, 6.07) is 0. The van der Waals surface area contributed by atoms with Gasteiger partial charge in [0.1, 0.15) is 4.88 Å². The predicted molar refractivity (Wildman–Crippen MR) is 75.3 cm³/mol. The van der Waals surface area contributed by atoms with E-state index in [1.807, 2.05) is 20.8 Å². The second kappa shape index (κ2) is 5.46. The normalized spacial score (nSPS) is 18.6. The predicted octanol–water partition coefficient (Wildman–Crippen LogP) is 2.41. The first-order valence-electron chi connectivity index (χ1n) is 6.55. The van der Waals surface area contributed by atoms with E-state index in [2.05, 4.69) is 9.88 Å². The highest BCUT2D eigenvalue weighted by atomic mass is 32.1. The maximum Gasteiger partial charge on any atom is 0.347 e. The first-order chi connectivity index (χ1) is 8.93. The van der Waals surface area contributed by atoms with Crippen molar-refractivity contribution >= 4 is 22.4 Å². The van der Waals surface area contributed by atoms with Crippen molar-refractivity contribution in [2.75, 3.05) is 24.6 Å². The molecule has 0 radical (unpaired) electrons. The molecule has 0 amide bonds. The minimum absolute atomic E-state index is 0.210. The fraction of sp³-hybridized carbons (Fsp3) is 0.692. The van der Waals surface area contributed by atoms with Crippen molar-refractivity contribution < 1.29 is 14.6 Å². The number of hydrogen-bond donors (Lipinski definition) is 1. The molecule has 1 fully saturated rings. The van der Waals surface area contributed by atoms with Gasteiger partial charge in [0, 0.05) is 13.1 Å². The van der Waals surface area contributed by atoms with E-state index in [1.54, 1.807) is 0 Å². The molecular formula is C13H20N2O3S. The quantitative estimate of drug-likeness (QED) is 0.920. The van der Waals surface area contributed by atoms with E-state index >= 15 is 0 Å². The van der Waals surface area contributed by atoms with Crippen LogP contribution in [-0.4, -0.2) is 41.4 Å². The largest absolute Gasteiger partial charge is 0.477 e. The molecule has 6 heteroatoms. The Morgan fingerprint density at radius 1 is 1.58 bits per heavy atom. The minimum Gasteiger partial charge on any atom is -0.477 e. The first-order valence-corrected chi connectivity index (χ1v) is 7.36. The van der Waals surface area contributed by atoms with E-state index in [0.29, 0.717) is 23.6 Å². The van der Waals surface area contributed by atoms with Crippen LogP contribution in [0.15, 0.2) is 0 Å². The standard InChI is InChI=1S/C13H20N2O3S/c1-4-5-9-10(11(16)17)19-12(14-9)15-6-7-18-13(2,3)8-15/h4-8H2,1-3H3,(H,16,17). The number of carboxylic acid groups (broad SMARTS) is 1. The molecule has 19 heavy (non-hydrogen) atoms. The van der Waals surface area contributed by atoms with Crippen molar-refractivity contribution in [1.82, 2.24) is 4.98 Å². The van der Waals surface area contributed by atoms with E-state index in [-0.39, 0.29) is 5.60 Å². The van der Waals surface area contributed by atoms with Crippen LogP contribution in [-0.2, 0) is 11.2 Å². The van der Waals surface area contributed by atoms with E-state index in [0.717, 1.165) is 24.6 Å². The van der Waals surface area contributed by atoms with Gasteiger partial charge in [-0.3, -0.25) is 0 Å². The van der Waals surface area contributed by atoms with Crippen LogP contribution in [0.3, 0.4) is 0 Å². The van der Waals surface area contributed by atoms with Crippen LogP contribution >= 0.6 is 11.3 Å². The zero-order valence-electron chi connectivity index (χ0n) is 11.6. The molecule has 2 heterocycles. The van der Waals surface area contributed by atoms with Gasteiger partial charge in [-0.15, -0.1) is 0 Å². The first kappa shape index (κ1) is 14.3. The van der Waals surface area contributed by atoms with Gasteiger partial charge in [-0.2, -0.15) is 0 Å². The number of thiazole rings is 1. The number of carbonyl (C=O) groups is 1. The highest BCUT2D eigenvalue weighted by Crippen LogP contribution is 2.30. The summed E-state index contributed by atoms with van der Waals surface area (Å²) in [5, 5.41) is 10.0. The summed E-state index contributed by atoms with van der Waals surface area (Å²) in [5.74, 6) is -0.875. The topological polar surface area (TPSA) is 62.7 Å². The molecule has 0 bridgehead atoms. The molecule has 0 unspecified atom stereocenters. The van der Waals surface area contributed by atoms with Crippen LogP contribution in [0, 0.1) is 0 Å². The van der Waals surface area contributed by atoms with Gasteiger partial charge in [-0.1, -0.05) is 24.7 Å². The van der Waals surface area contributed by atoms with Crippen molar-refractivity contribution in [2.24, 2.45) is 0 Å². The van der Waals surface area contributed by atoms with E-state index in [4.69, 9.17) is 4.74 Å². The summed E-state index contributed by atoms with van der Waals surface area (Å²) in [7, 11) is 0. The summed E-state index contributed by atoms with van der Waals surface area (Å²) >= 11 is 1.27. The maximum absolute atomic E-state index is 11.2. The molecule has 0 saturated carbocycles. The molecular weight excluding hydrogens is 264 g/mol. The Bertz CT molecular complexity index is 470. The number of aromatic carboxylic acids is 1. The van der Waals surface area contributed by atoms with Crippen LogP contribution in [0.1, 0.15) is 42.6 Å². The molecule has 1 N–H and O–H groups in total. The number of nitrogens with zero attached hydrogens (tertiary/aromatic N) is 2. The van der Waals surface area contributed by atoms with E-state index in [9.17, 15) is 9.90 Å². The smallest absolute Gasteiger partial charge is 0.347 e. The zero-order valence-corrected chi connectivity index (χ0v) is 12.4. The fourth-order valence-electron chi connectivity index (χ4n) is 2.23. The number of morpholine rings is 1. The Morgan fingerprint density at radius 2 is 2.32 bits per heavy atom. The highest BCUT2D eigenvalue weighted by Gasteiger charge is 2.30. The Morgan fingerprint density at radius 3 is 2.89 bits per heavy atom. The molecule has 0 spiro atoms. The molecule has 2 rings (SSSR count). The average Bonchev–Trinajstić information content (AvgIpc) is 2.72. The van der Waals surface area contributed by atoms with Crippen molar-refractivity contribution in [3.8, 4) is 0 Å². The fourth-order valence-corrected chi connectivity index (χ4v) is 3.20. The monoisotopic (exact) mass is 284 g/mol. The zero-order chi connectivity index (χ0) is 14.0. The number of rotatable bonds is 4. The Labute approximate surface area is 117 Å². The van der Waals surface area contributed by atoms with Crippen molar-refractivity contribution in [3.05, 3.63) is 10.6 Å². The van der Waals surface area contributed by atoms with Crippen molar-refractivity contribution in [3.63, 3.8) is 0 Å². The van der Waals surface area contributed by atoms with Gasteiger partial charge >= 0.3 is 5.97 Å². The molecule has 1 aliphatic rings. The molecule has 0 aliphatic carbocycles. The van der Waals surface area contributed by atoms with Crippen LogP contribution in [0.25, 0.3) is 0 Å². The second-order valence-corrected chi connectivity index (χ2v) is 6.33. The van der Waals surface area contributed by atoms with Gasteiger partial charge in [-0.05, 0) is 20.3 Å². The molecule has 1 aromatic rings. The third kappa shape index (κ3) is 3.25. The number of anilines is 1. The van der Waals surface area contributed by atoms with Gasteiger partial charge < -0.3 is 14.7 Å². The molecule has 5 nitrogen and oxygen atoms in total. The molecule has 1 aromatic heterocycles. The number of aryl methyl sites for hydroxylation is 1. The van der Waals surface area contributed by atoms with Gasteiger partial charge in [0.05, 0.1) is 17.9 Å². The molecule has 0 atom stereocenters. The second-order valence-electron chi connectivity index (χ2n) is 5.36. The van der Waals surface area contributed by atoms with Gasteiger partial charge in [0.2, 0.25) is 0 Å². The van der Waals surface area contributed by atoms with Gasteiger partial charge in [0.15, 0.2) is 5.13 Å². The van der Waals surface area contributed by atoms with E-state index < -0.39 is 5.97 Å². The van der Waals surface area contributed by atoms with Gasteiger partial charge in [0.25, 0.3) is 0 Å². The van der Waals surface area contributed by atoms with Crippen LogP contribution in [0.2, 0.25) is 0 Å². The summed E-state index contributed by atoms with van der Waals surface area (Å²) in [6.07, 6.45) is 1.62. The summed E-state index contributed by atoms with van der Waals surface area (Å²) in [6.45, 7) is 8.27. The van der Waals surface area contributed by atoms with Crippen LogP contribution < -0.4 is 4.90 Å². The summed E-state index contributed by atoms with van der Waals surface area (Å²) in [5.41, 5.74) is 0.498. The van der Waals surface area contributed by atoms with Crippen molar-refractivity contribution in [1.29, 1.82) is 0 Å². The van der Waals surface area contributed by atoms with Crippen molar-refractivity contribution in [2.45, 2.75) is 39.2 Å². The third-order valence-corrected chi connectivity index (χ3v) is 4.21. The lowest BCUT2D eigenvalue weighted by atomic mass is 10.1. The summed E-state index contributed by atoms with van der Waals surface area (Å²) in [4.78, 5) is 18.3. The number of hydrogen-bond acceptors (Lipinski definition) is 5. The Kier molecular flexibility index (Phi) is 4.10. The molecule has 1 aliphatic heterocycles. The third-order valence-electron chi connectivity index (χ3n) is 3.06. The van der Waals surface area contributed by atoms with Crippen LogP contribution in [0.4, 0.5) is 5.13 Å². The lowest BCUT2D eigenvalue weighted by Gasteiger charge is -2.37. The Balaban J connectivity index is 2.25. The highest BCUT2D eigenvalue weighted by molar-refractivity contribution is 7.17. The number of carboxylic acids is 1. The SMILES string of the molecule is CCCc1nc(N2CCOC(C)(C)C2)sc1C(=O)O. The average molecular weight is 284 g/mol. The maximum atomic E-state index is 11.2. The van der Waals surface area contributed by atoms with Crippen LogP contribution in [0.5, 0.6) is 0 Å². The Hall–Kier alpha value is -1.14. The van der Waals surface area contributed by atoms with E-state index in [1.165, 1.54) is 11.3 Å². The molecule has 0 aromatic carbocycles. The summed E-state index contributed by atoms with van der Waals surface area (Å²) < 4.78 is 5.67. The lowest BCUT2D eigenvalue weighted by Crippen LogP contribution is -2.48. The lowest BCUT2D eigenvalue weighted by molar-refractivity contribution is -0.0277.